The van der Waals surface area contributed by atoms with E-state index in [2.05, 4.69) is 6.58 Å². The van der Waals surface area contributed by atoms with Crippen LogP contribution in [0.5, 0.6) is 11.5 Å². The zero-order valence-corrected chi connectivity index (χ0v) is 11.8. The summed E-state index contributed by atoms with van der Waals surface area (Å²) in [6.45, 7) is 3.79. The van der Waals surface area contributed by atoms with Crippen LogP contribution in [0.25, 0.3) is 0 Å². The Bertz CT molecular complexity index is 635. The molecule has 0 aliphatic rings. The maximum Gasteiger partial charge on any atom is 0.250 e. The van der Waals surface area contributed by atoms with Crippen molar-refractivity contribution in [3.05, 3.63) is 66.7 Å². The maximum absolute atomic E-state index is 12.1. The second-order valence-corrected chi connectivity index (χ2v) is 4.46. The fraction of sp³-hybridized carbons (Fsp3) is 0.118. The van der Waals surface area contributed by atoms with Crippen LogP contribution in [0.15, 0.2) is 61.2 Å². The molecular weight excluding hydrogens is 266 g/mol. The fourth-order valence-corrected chi connectivity index (χ4v) is 1.98. The van der Waals surface area contributed by atoms with Gasteiger partial charge in [-0.2, -0.15) is 0 Å². The minimum Gasteiger partial charge on any atom is -0.508 e. The van der Waals surface area contributed by atoms with E-state index in [-0.39, 0.29) is 18.2 Å². The molecule has 1 N–H and O–H groups in total. The molecule has 0 fully saturated rings. The van der Waals surface area contributed by atoms with E-state index in [1.165, 1.54) is 6.08 Å². The quantitative estimate of drug-likeness (QED) is 0.858. The Kier molecular flexibility index (Phi) is 4.61. The summed E-state index contributed by atoms with van der Waals surface area (Å²) in [5.41, 5.74) is 1.38. The molecule has 0 radical (unpaired) electrons. The molecule has 0 unspecified atom stereocenters. The number of carbonyl (C=O) groups is 1. The smallest absolute Gasteiger partial charge is 0.250 e. The highest BCUT2D eigenvalue weighted by atomic mass is 16.5. The number of rotatable bonds is 5. The molecule has 0 saturated carbocycles. The average molecular weight is 283 g/mol. The summed E-state index contributed by atoms with van der Waals surface area (Å²) in [5, 5.41) is 9.86. The van der Waals surface area contributed by atoms with Gasteiger partial charge in [0, 0.05) is 11.3 Å². The third-order valence-corrected chi connectivity index (χ3v) is 3.14. The molecule has 2 aromatic rings. The van der Waals surface area contributed by atoms with E-state index in [9.17, 15) is 9.90 Å². The van der Waals surface area contributed by atoms with E-state index >= 15 is 0 Å². The lowest BCUT2D eigenvalue weighted by atomic mass is 10.1. The molecule has 0 aliphatic heterocycles. The summed E-state index contributed by atoms with van der Waals surface area (Å²) in [7, 11) is 1.59. The Balaban J connectivity index is 2.32. The maximum atomic E-state index is 12.1. The van der Waals surface area contributed by atoms with Crippen molar-refractivity contribution in [2.24, 2.45) is 0 Å². The molecule has 1 amide bonds. The van der Waals surface area contributed by atoms with E-state index in [4.69, 9.17) is 4.74 Å². The molecular formula is C17H17NO3. The van der Waals surface area contributed by atoms with Crippen molar-refractivity contribution in [1.29, 1.82) is 0 Å². The summed E-state index contributed by atoms with van der Waals surface area (Å²) < 4.78 is 5.11. The molecule has 2 rings (SSSR count). The molecule has 0 bridgehead atoms. The zero-order chi connectivity index (χ0) is 15.2. The summed E-state index contributed by atoms with van der Waals surface area (Å²) in [5.74, 6) is 0.642. The first-order chi connectivity index (χ1) is 10.2. The van der Waals surface area contributed by atoms with Crippen LogP contribution in [-0.2, 0) is 11.3 Å². The van der Waals surface area contributed by atoms with Crippen molar-refractivity contribution in [1.82, 2.24) is 0 Å². The van der Waals surface area contributed by atoms with Crippen molar-refractivity contribution in [2.45, 2.75) is 6.54 Å². The number of aromatic hydroxyl groups is 1. The molecule has 0 atom stereocenters. The van der Waals surface area contributed by atoms with Gasteiger partial charge in [-0.05, 0) is 36.4 Å². The number of anilines is 1. The predicted octanol–water partition coefficient (Wildman–Crippen LogP) is 3.12. The van der Waals surface area contributed by atoms with E-state index in [1.807, 2.05) is 6.07 Å². The third-order valence-electron chi connectivity index (χ3n) is 3.14. The number of benzene rings is 2. The topological polar surface area (TPSA) is 49.8 Å². The number of phenolic OH excluding ortho intramolecular Hbond substituents is 1. The first-order valence-electron chi connectivity index (χ1n) is 6.50. The molecule has 108 valence electrons. The summed E-state index contributed by atoms with van der Waals surface area (Å²) in [6.07, 6.45) is 1.25. The first kappa shape index (κ1) is 14.7. The molecule has 0 aromatic heterocycles. The van der Waals surface area contributed by atoms with Crippen LogP contribution in [0, 0.1) is 0 Å². The van der Waals surface area contributed by atoms with Crippen LogP contribution in [0.2, 0.25) is 0 Å². The van der Waals surface area contributed by atoms with Gasteiger partial charge in [-0.25, -0.2) is 0 Å². The number of methoxy groups -OCH3 is 1. The number of ether oxygens (including phenoxy) is 1. The van der Waals surface area contributed by atoms with Gasteiger partial charge in [0.25, 0.3) is 5.91 Å². The van der Waals surface area contributed by atoms with Crippen molar-refractivity contribution in [3.8, 4) is 11.5 Å². The first-order valence-corrected chi connectivity index (χ1v) is 6.50. The van der Waals surface area contributed by atoms with Crippen molar-refractivity contribution in [2.75, 3.05) is 12.0 Å². The van der Waals surface area contributed by atoms with Crippen LogP contribution in [0.3, 0.4) is 0 Å². The number of amides is 1. The predicted molar refractivity (Wildman–Crippen MR) is 82.5 cm³/mol. The second-order valence-electron chi connectivity index (χ2n) is 4.46. The minimum absolute atomic E-state index is 0.160. The molecule has 2 aromatic carbocycles. The van der Waals surface area contributed by atoms with Crippen molar-refractivity contribution < 1.29 is 14.6 Å². The Morgan fingerprint density at radius 2 is 1.90 bits per heavy atom. The van der Waals surface area contributed by atoms with Gasteiger partial charge in [0.1, 0.15) is 11.5 Å². The van der Waals surface area contributed by atoms with Gasteiger partial charge in [-0.15, -0.1) is 0 Å². The highest BCUT2D eigenvalue weighted by Gasteiger charge is 2.15. The lowest BCUT2D eigenvalue weighted by molar-refractivity contribution is -0.114. The van der Waals surface area contributed by atoms with Crippen LogP contribution in [0.4, 0.5) is 5.69 Å². The molecule has 0 aliphatic carbocycles. The van der Waals surface area contributed by atoms with Gasteiger partial charge >= 0.3 is 0 Å². The van der Waals surface area contributed by atoms with Gasteiger partial charge in [-0.1, -0.05) is 24.8 Å². The monoisotopic (exact) mass is 283 g/mol. The van der Waals surface area contributed by atoms with Crippen LogP contribution < -0.4 is 9.64 Å². The number of hydrogen-bond donors (Lipinski definition) is 1. The highest BCUT2D eigenvalue weighted by molar-refractivity contribution is 6.01. The standard InChI is InChI=1S/C17H17NO3/c1-3-17(20)18(12-13-6-4-5-7-16(13)19)14-8-10-15(21-2)11-9-14/h3-11,19H,1,12H2,2H3. The lowest BCUT2D eigenvalue weighted by Gasteiger charge is -2.22. The number of nitrogens with zero attached hydrogens (tertiary/aromatic N) is 1. The number of carbonyl (C=O) groups excluding carboxylic acids is 1. The average Bonchev–Trinajstić information content (AvgIpc) is 2.53. The molecule has 4 heteroatoms. The Morgan fingerprint density at radius 3 is 2.48 bits per heavy atom. The molecule has 0 spiro atoms. The second kappa shape index (κ2) is 6.61. The number of para-hydroxylation sites is 1. The van der Waals surface area contributed by atoms with E-state index in [0.29, 0.717) is 17.0 Å². The molecule has 21 heavy (non-hydrogen) atoms. The largest absolute Gasteiger partial charge is 0.508 e. The normalized spacial score (nSPS) is 9.95. The summed E-state index contributed by atoms with van der Waals surface area (Å²) in [6, 6.07) is 14.1. The van der Waals surface area contributed by atoms with Gasteiger partial charge in [0.05, 0.1) is 13.7 Å². The molecule has 0 saturated heterocycles. The van der Waals surface area contributed by atoms with Gasteiger partial charge in [0.15, 0.2) is 0 Å². The Labute approximate surface area is 123 Å². The summed E-state index contributed by atoms with van der Waals surface area (Å²) >= 11 is 0. The van der Waals surface area contributed by atoms with Crippen LogP contribution in [-0.4, -0.2) is 18.1 Å². The van der Waals surface area contributed by atoms with Gasteiger partial charge < -0.3 is 14.7 Å². The van der Waals surface area contributed by atoms with Crippen LogP contribution >= 0.6 is 0 Å². The van der Waals surface area contributed by atoms with E-state index in [0.717, 1.165) is 0 Å². The summed E-state index contributed by atoms with van der Waals surface area (Å²) in [4.78, 5) is 13.6. The van der Waals surface area contributed by atoms with Crippen LogP contribution in [0.1, 0.15) is 5.56 Å². The minimum atomic E-state index is -0.233. The number of hydrogen-bond acceptors (Lipinski definition) is 3. The zero-order valence-electron chi connectivity index (χ0n) is 11.8. The highest BCUT2D eigenvalue weighted by Crippen LogP contribution is 2.24. The van der Waals surface area contributed by atoms with Gasteiger partial charge in [0.2, 0.25) is 0 Å². The van der Waals surface area contributed by atoms with Crippen molar-refractivity contribution in [3.63, 3.8) is 0 Å². The number of phenols is 1. The van der Waals surface area contributed by atoms with E-state index < -0.39 is 0 Å². The SMILES string of the molecule is C=CC(=O)N(Cc1ccccc1O)c1ccc(OC)cc1. The third kappa shape index (κ3) is 3.42. The van der Waals surface area contributed by atoms with Gasteiger partial charge in [-0.3, -0.25) is 4.79 Å². The molecule has 4 nitrogen and oxygen atoms in total. The fourth-order valence-electron chi connectivity index (χ4n) is 1.98. The van der Waals surface area contributed by atoms with E-state index in [1.54, 1.807) is 54.5 Å². The lowest BCUT2D eigenvalue weighted by Crippen LogP contribution is -2.28. The van der Waals surface area contributed by atoms with Crippen molar-refractivity contribution >= 4 is 11.6 Å². The molecule has 0 heterocycles. The Hall–Kier alpha value is -2.75. The Morgan fingerprint density at radius 1 is 1.24 bits per heavy atom.